The Bertz CT molecular complexity index is 1190. The van der Waals surface area contributed by atoms with Gasteiger partial charge in [-0.3, -0.25) is 4.79 Å². The molecule has 0 N–H and O–H groups in total. The second kappa shape index (κ2) is 8.34. The predicted molar refractivity (Wildman–Crippen MR) is 119 cm³/mol. The molecular formula is C24H26N6O. The van der Waals surface area contributed by atoms with Gasteiger partial charge in [-0.15, -0.1) is 0 Å². The van der Waals surface area contributed by atoms with E-state index in [2.05, 4.69) is 31.7 Å². The third-order valence-electron chi connectivity index (χ3n) is 6.18. The summed E-state index contributed by atoms with van der Waals surface area (Å²) in [5.74, 6) is 1.67. The van der Waals surface area contributed by atoms with Gasteiger partial charge in [0, 0.05) is 38.2 Å². The fourth-order valence-corrected chi connectivity index (χ4v) is 4.34. The van der Waals surface area contributed by atoms with Crippen LogP contribution < -0.4 is 0 Å². The summed E-state index contributed by atoms with van der Waals surface area (Å²) in [6.07, 6.45) is 9.37. The zero-order chi connectivity index (χ0) is 21.2. The van der Waals surface area contributed by atoms with Crippen molar-refractivity contribution in [2.45, 2.75) is 32.9 Å². The average molecular weight is 415 g/mol. The van der Waals surface area contributed by atoms with E-state index in [4.69, 9.17) is 0 Å². The molecule has 0 atom stereocenters. The molecule has 4 aromatic rings. The highest BCUT2D eigenvalue weighted by molar-refractivity contribution is 5.96. The van der Waals surface area contributed by atoms with E-state index in [1.165, 1.54) is 5.56 Å². The Morgan fingerprint density at radius 1 is 1.06 bits per heavy atom. The number of likely N-dealkylation sites (tertiary alicyclic amines) is 1. The average Bonchev–Trinajstić information content (AvgIpc) is 3.40. The van der Waals surface area contributed by atoms with Crippen molar-refractivity contribution < 1.29 is 4.79 Å². The molecule has 7 nitrogen and oxygen atoms in total. The molecule has 0 aliphatic carbocycles. The van der Waals surface area contributed by atoms with Gasteiger partial charge < -0.3 is 14.0 Å². The Balaban J connectivity index is 1.24. The van der Waals surface area contributed by atoms with E-state index < -0.39 is 0 Å². The number of aromatic nitrogens is 5. The van der Waals surface area contributed by atoms with Gasteiger partial charge in [-0.1, -0.05) is 30.3 Å². The Morgan fingerprint density at radius 3 is 2.61 bits per heavy atom. The number of rotatable bonds is 5. The lowest BCUT2D eigenvalue weighted by atomic mass is 9.96. The molecule has 1 aliphatic rings. The predicted octanol–water partition coefficient (Wildman–Crippen LogP) is 3.54. The number of benzene rings is 1. The first-order chi connectivity index (χ1) is 15.2. The molecule has 0 saturated carbocycles. The first-order valence-electron chi connectivity index (χ1n) is 10.8. The SMILES string of the molecule is Cc1nccn1CC1CCN(C(=O)c2cnc3c(c2)ncn3Cc2ccccc2)CC1. The Hall–Kier alpha value is -3.48. The normalized spacial score (nSPS) is 14.9. The molecule has 1 fully saturated rings. The summed E-state index contributed by atoms with van der Waals surface area (Å²) in [6, 6.07) is 12.1. The number of imidazole rings is 2. The molecule has 7 heteroatoms. The van der Waals surface area contributed by atoms with Crippen LogP contribution in [0.4, 0.5) is 0 Å². The molecule has 1 amide bonds. The van der Waals surface area contributed by atoms with Crippen LogP contribution in [0.1, 0.15) is 34.6 Å². The van der Waals surface area contributed by atoms with Crippen LogP contribution in [0.5, 0.6) is 0 Å². The van der Waals surface area contributed by atoms with Crippen molar-refractivity contribution >= 4 is 17.1 Å². The molecule has 1 aliphatic heterocycles. The Kier molecular flexibility index (Phi) is 5.24. The molecule has 3 aromatic heterocycles. The van der Waals surface area contributed by atoms with E-state index in [0.29, 0.717) is 18.0 Å². The van der Waals surface area contributed by atoms with Gasteiger partial charge in [0.1, 0.15) is 11.3 Å². The highest BCUT2D eigenvalue weighted by Gasteiger charge is 2.24. The number of carbonyl (C=O) groups is 1. The van der Waals surface area contributed by atoms with Gasteiger partial charge in [0.2, 0.25) is 0 Å². The van der Waals surface area contributed by atoms with Gasteiger partial charge in [-0.05, 0) is 37.3 Å². The molecule has 0 radical (unpaired) electrons. The van der Waals surface area contributed by atoms with Crippen molar-refractivity contribution in [2.75, 3.05) is 13.1 Å². The zero-order valence-corrected chi connectivity index (χ0v) is 17.7. The maximum atomic E-state index is 13.1. The van der Waals surface area contributed by atoms with Crippen LogP contribution in [-0.2, 0) is 13.1 Å². The van der Waals surface area contributed by atoms with Crippen LogP contribution in [0.2, 0.25) is 0 Å². The summed E-state index contributed by atoms with van der Waals surface area (Å²) in [4.78, 5) is 28.4. The number of hydrogen-bond donors (Lipinski definition) is 0. The van der Waals surface area contributed by atoms with Crippen molar-refractivity contribution in [3.63, 3.8) is 0 Å². The van der Waals surface area contributed by atoms with Gasteiger partial charge >= 0.3 is 0 Å². The van der Waals surface area contributed by atoms with E-state index in [9.17, 15) is 4.79 Å². The lowest BCUT2D eigenvalue weighted by Gasteiger charge is -2.32. The fourth-order valence-electron chi connectivity index (χ4n) is 4.34. The van der Waals surface area contributed by atoms with Crippen LogP contribution in [0, 0.1) is 12.8 Å². The quantitative estimate of drug-likeness (QED) is 0.501. The first-order valence-corrected chi connectivity index (χ1v) is 10.8. The van der Waals surface area contributed by atoms with Gasteiger partial charge in [0.25, 0.3) is 5.91 Å². The molecule has 5 rings (SSSR count). The number of aryl methyl sites for hydroxylation is 1. The van der Waals surface area contributed by atoms with Crippen LogP contribution in [0.15, 0.2) is 61.3 Å². The zero-order valence-electron chi connectivity index (χ0n) is 17.7. The number of fused-ring (bicyclic) bond motifs is 1. The minimum absolute atomic E-state index is 0.0456. The molecule has 0 unspecified atom stereocenters. The van der Waals surface area contributed by atoms with Crippen molar-refractivity contribution in [1.29, 1.82) is 0 Å². The second-order valence-electron chi connectivity index (χ2n) is 8.29. The number of carbonyl (C=O) groups excluding carboxylic acids is 1. The Morgan fingerprint density at radius 2 is 1.87 bits per heavy atom. The van der Waals surface area contributed by atoms with Gasteiger partial charge in [0.15, 0.2) is 5.65 Å². The number of amides is 1. The van der Waals surface area contributed by atoms with Crippen LogP contribution in [0.25, 0.3) is 11.2 Å². The van der Waals surface area contributed by atoms with Gasteiger partial charge in [0.05, 0.1) is 18.4 Å². The van der Waals surface area contributed by atoms with Crippen LogP contribution in [0.3, 0.4) is 0 Å². The molecular weight excluding hydrogens is 388 g/mol. The molecule has 1 saturated heterocycles. The van der Waals surface area contributed by atoms with E-state index in [1.54, 1.807) is 12.5 Å². The second-order valence-corrected chi connectivity index (χ2v) is 8.29. The summed E-state index contributed by atoms with van der Waals surface area (Å²) >= 11 is 0. The molecule has 0 bridgehead atoms. The maximum Gasteiger partial charge on any atom is 0.255 e. The topological polar surface area (TPSA) is 68.8 Å². The standard InChI is InChI=1S/C24H26N6O/c1-18-25-9-12-29(18)15-20-7-10-28(11-8-20)24(31)21-13-22-23(26-14-21)30(17-27-22)16-19-5-3-2-4-6-19/h2-6,9,12-14,17,20H,7-8,10-11,15-16H2,1H3. The number of piperidine rings is 1. The molecule has 1 aromatic carbocycles. The summed E-state index contributed by atoms with van der Waals surface area (Å²) < 4.78 is 4.22. The number of nitrogens with zero attached hydrogens (tertiary/aromatic N) is 6. The van der Waals surface area contributed by atoms with Gasteiger partial charge in [-0.25, -0.2) is 15.0 Å². The summed E-state index contributed by atoms with van der Waals surface area (Å²) in [7, 11) is 0. The first kappa shape index (κ1) is 19.5. The lowest BCUT2D eigenvalue weighted by molar-refractivity contribution is 0.0682. The summed E-state index contributed by atoms with van der Waals surface area (Å²) in [5.41, 5.74) is 3.36. The van der Waals surface area contributed by atoms with Crippen molar-refractivity contribution in [3.05, 3.63) is 78.3 Å². The molecule has 0 spiro atoms. The van der Waals surface area contributed by atoms with Crippen LogP contribution in [-0.4, -0.2) is 48.0 Å². The summed E-state index contributed by atoms with van der Waals surface area (Å²) in [6.45, 7) is 5.26. The van der Waals surface area contributed by atoms with E-state index >= 15 is 0 Å². The van der Waals surface area contributed by atoms with Crippen LogP contribution >= 0.6 is 0 Å². The monoisotopic (exact) mass is 414 g/mol. The maximum absolute atomic E-state index is 13.1. The van der Waals surface area contributed by atoms with Crippen molar-refractivity contribution in [2.24, 2.45) is 5.92 Å². The minimum atomic E-state index is 0.0456. The molecule has 31 heavy (non-hydrogen) atoms. The number of pyridine rings is 1. The van der Waals surface area contributed by atoms with Gasteiger partial charge in [-0.2, -0.15) is 0 Å². The fraction of sp³-hybridized carbons (Fsp3) is 0.333. The van der Waals surface area contributed by atoms with E-state index in [1.807, 2.05) is 53.0 Å². The van der Waals surface area contributed by atoms with E-state index in [-0.39, 0.29) is 5.91 Å². The highest BCUT2D eigenvalue weighted by Crippen LogP contribution is 2.22. The number of hydrogen-bond acceptors (Lipinski definition) is 4. The largest absolute Gasteiger partial charge is 0.339 e. The van der Waals surface area contributed by atoms with Crippen molar-refractivity contribution in [1.82, 2.24) is 29.0 Å². The minimum Gasteiger partial charge on any atom is -0.339 e. The highest BCUT2D eigenvalue weighted by atomic mass is 16.2. The third kappa shape index (κ3) is 4.08. The molecule has 4 heterocycles. The lowest BCUT2D eigenvalue weighted by Crippen LogP contribution is -2.39. The smallest absolute Gasteiger partial charge is 0.255 e. The third-order valence-corrected chi connectivity index (χ3v) is 6.18. The molecule has 158 valence electrons. The summed E-state index contributed by atoms with van der Waals surface area (Å²) in [5, 5.41) is 0. The Labute approximate surface area is 181 Å². The van der Waals surface area contributed by atoms with E-state index in [0.717, 1.165) is 49.5 Å². The van der Waals surface area contributed by atoms with Crippen molar-refractivity contribution in [3.8, 4) is 0 Å².